The zero-order chi connectivity index (χ0) is 14.1. The molecule has 0 unspecified atom stereocenters. The number of aliphatic hydroxyl groups is 1. The Balaban J connectivity index is 2.20. The molecule has 0 spiro atoms. The summed E-state index contributed by atoms with van der Waals surface area (Å²) in [6.07, 6.45) is 9.09. The van der Waals surface area contributed by atoms with Gasteiger partial charge in [-0.3, -0.25) is 0 Å². The Hall–Kier alpha value is -0.0800. The van der Waals surface area contributed by atoms with Crippen LogP contribution in [0.4, 0.5) is 0 Å². The second-order valence-electron chi connectivity index (χ2n) is 7.40. The van der Waals surface area contributed by atoms with Gasteiger partial charge in [-0.15, -0.1) is 0 Å². The maximum Gasteiger partial charge on any atom is 0.0713 e. The van der Waals surface area contributed by atoms with Crippen LogP contribution in [-0.4, -0.2) is 22.4 Å². The van der Waals surface area contributed by atoms with E-state index in [1.54, 1.807) is 0 Å². The topological polar surface area (TPSA) is 29.5 Å². The number of fused-ring (bicyclic) bond motifs is 1. The van der Waals surface area contributed by atoms with Crippen LogP contribution in [0.15, 0.2) is 0 Å². The fourth-order valence-corrected chi connectivity index (χ4v) is 4.65. The van der Waals surface area contributed by atoms with Crippen molar-refractivity contribution in [3.8, 4) is 0 Å². The van der Waals surface area contributed by atoms with Crippen molar-refractivity contribution in [2.45, 2.75) is 96.4 Å². The summed E-state index contributed by atoms with van der Waals surface area (Å²) in [5, 5.41) is 11.0. The molecule has 2 heteroatoms. The summed E-state index contributed by atoms with van der Waals surface area (Å²) in [5.74, 6) is 1.10. The van der Waals surface area contributed by atoms with Gasteiger partial charge in [0.05, 0.1) is 17.3 Å². The van der Waals surface area contributed by atoms with Crippen molar-refractivity contribution >= 4 is 0 Å². The van der Waals surface area contributed by atoms with Gasteiger partial charge in [-0.25, -0.2) is 0 Å². The summed E-state index contributed by atoms with van der Waals surface area (Å²) in [7, 11) is 0. The summed E-state index contributed by atoms with van der Waals surface area (Å²) in [4.78, 5) is 0. The van der Waals surface area contributed by atoms with E-state index in [4.69, 9.17) is 4.74 Å². The fraction of sp³-hybridized carbons (Fsp3) is 1.00. The Bertz CT molecular complexity index is 292. The van der Waals surface area contributed by atoms with Gasteiger partial charge in [-0.05, 0) is 38.5 Å². The molecule has 0 aromatic carbocycles. The summed E-state index contributed by atoms with van der Waals surface area (Å²) in [6, 6.07) is 0. The molecule has 1 saturated heterocycles. The minimum absolute atomic E-state index is 0.0643. The maximum absolute atomic E-state index is 11.0. The van der Waals surface area contributed by atoms with E-state index >= 15 is 0 Å². The van der Waals surface area contributed by atoms with Crippen molar-refractivity contribution in [3.05, 3.63) is 0 Å². The molecule has 1 N–H and O–H groups in total. The van der Waals surface area contributed by atoms with E-state index < -0.39 is 5.60 Å². The van der Waals surface area contributed by atoms with Crippen LogP contribution >= 0.6 is 0 Å². The lowest BCUT2D eigenvalue weighted by molar-refractivity contribution is -0.244. The molecule has 2 fully saturated rings. The molecule has 0 aromatic rings. The molecular weight excluding hydrogens is 236 g/mol. The lowest BCUT2D eigenvalue weighted by Gasteiger charge is -2.55. The number of ether oxygens (including phenoxy) is 1. The lowest BCUT2D eigenvalue weighted by atomic mass is 9.65. The molecule has 2 nitrogen and oxygen atoms in total. The van der Waals surface area contributed by atoms with Crippen LogP contribution < -0.4 is 0 Å². The van der Waals surface area contributed by atoms with Crippen molar-refractivity contribution in [1.29, 1.82) is 0 Å². The van der Waals surface area contributed by atoms with Gasteiger partial charge in [-0.1, -0.05) is 40.0 Å². The standard InChI is InChI=1S/C17H32O2/c1-5-9-17(10-6-2)12-16(4,18)14-8-7-13(3)11-15(14)19-17/h13-15,18H,5-12H2,1-4H3/t13-,14-,15+,16-/m1/s1. The minimum Gasteiger partial charge on any atom is -0.390 e. The van der Waals surface area contributed by atoms with Gasteiger partial charge in [0.15, 0.2) is 0 Å². The first kappa shape index (κ1) is 15.3. The molecule has 4 atom stereocenters. The van der Waals surface area contributed by atoms with Gasteiger partial charge < -0.3 is 9.84 Å². The molecule has 0 radical (unpaired) electrons. The first-order valence-electron chi connectivity index (χ1n) is 8.32. The van der Waals surface area contributed by atoms with E-state index in [0.29, 0.717) is 5.92 Å². The summed E-state index contributed by atoms with van der Waals surface area (Å²) in [5.41, 5.74) is -0.599. The lowest BCUT2D eigenvalue weighted by Crippen LogP contribution is -2.58. The molecule has 0 aromatic heterocycles. The zero-order valence-electron chi connectivity index (χ0n) is 13.2. The Kier molecular flexibility index (Phi) is 4.62. The number of hydrogen-bond donors (Lipinski definition) is 1. The third kappa shape index (κ3) is 3.16. The summed E-state index contributed by atoms with van der Waals surface area (Å²) >= 11 is 0. The summed E-state index contributed by atoms with van der Waals surface area (Å²) < 4.78 is 6.60. The van der Waals surface area contributed by atoms with Crippen molar-refractivity contribution < 1.29 is 9.84 Å². The van der Waals surface area contributed by atoms with Crippen LogP contribution in [0, 0.1) is 11.8 Å². The van der Waals surface area contributed by atoms with Gasteiger partial charge in [0.1, 0.15) is 0 Å². The van der Waals surface area contributed by atoms with Crippen LogP contribution in [-0.2, 0) is 4.74 Å². The van der Waals surface area contributed by atoms with Crippen LogP contribution in [0.1, 0.15) is 79.1 Å². The molecule has 19 heavy (non-hydrogen) atoms. The first-order chi connectivity index (χ1) is 8.92. The first-order valence-corrected chi connectivity index (χ1v) is 8.32. The predicted molar refractivity (Wildman–Crippen MR) is 79.2 cm³/mol. The van der Waals surface area contributed by atoms with E-state index in [9.17, 15) is 5.11 Å². The van der Waals surface area contributed by atoms with E-state index in [1.165, 1.54) is 6.42 Å². The molecule has 0 amide bonds. The highest BCUT2D eigenvalue weighted by Gasteiger charge is 2.52. The highest BCUT2D eigenvalue weighted by Crippen LogP contribution is 2.49. The van der Waals surface area contributed by atoms with Crippen LogP contribution in [0.25, 0.3) is 0 Å². The Morgan fingerprint density at radius 1 is 1.16 bits per heavy atom. The van der Waals surface area contributed by atoms with Crippen molar-refractivity contribution in [2.75, 3.05) is 0 Å². The SMILES string of the molecule is CCCC1(CCC)C[C@@](C)(O)[C@@H]2CC[C@@H](C)C[C@@H]2O1. The smallest absolute Gasteiger partial charge is 0.0713 e. The third-order valence-electron chi connectivity index (χ3n) is 5.35. The maximum atomic E-state index is 11.0. The second-order valence-corrected chi connectivity index (χ2v) is 7.40. The summed E-state index contributed by atoms with van der Waals surface area (Å²) in [6.45, 7) is 8.84. The number of hydrogen-bond acceptors (Lipinski definition) is 2. The van der Waals surface area contributed by atoms with Crippen LogP contribution in [0.3, 0.4) is 0 Å². The normalized spacial score (nSPS) is 41.8. The van der Waals surface area contributed by atoms with E-state index in [-0.39, 0.29) is 11.7 Å². The predicted octanol–water partition coefficient (Wildman–Crippen LogP) is 4.30. The molecule has 1 saturated carbocycles. The van der Waals surface area contributed by atoms with Crippen molar-refractivity contribution in [1.82, 2.24) is 0 Å². The average Bonchev–Trinajstić information content (AvgIpc) is 2.27. The van der Waals surface area contributed by atoms with E-state index in [2.05, 4.69) is 27.7 Å². The highest BCUT2D eigenvalue weighted by molar-refractivity contribution is 5.02. The largest absolute Gasteiger partial charge is 0.390 e. The van der Waals surface area contributed by atoms with Crippen LogP contribution in [0.2, 0.25) is 0 Å². The van der Waals surface area contributed by atoms with Gasteiger partial charge in [0, 0.05) is 12.3 Å². The number of rotatable bonds is 4. The fourth-order valence-electron chi connectivity index (χ4n) is 4.65. The third-order valence-corrected chi connectivity index (χ3v) is 5.35. The molecule has 2 rings (SSSR count). The quantitative estimate of drug-likeness (QED) is 0.823. The molecule has 112 valence electrons. The van der Waals surface area contributed by atoms with E-state index in [1.807, 2.05) is 0 Å². The monoisotopic (exact) mass is 268 g/mol. The molecule has 0 bridgehead atoms. The zero-order valence-corrected chi connectivity index (χ0v) is 13.2. The molecule has 1 aliphatic carbocycles. The molecule has 2 aliphatic rings. The van der Waals surface area contributed by atoms with E-state index in [0.717, 1.165) is 50.9 Å². The van der Waals surface area contributed by atoms with Gasteiger partial charge in [0.2, 0.25) is 0 Å². The minimum atomic E-state index is -0.534. The van der Waals surface area contributed by atoms with Crippen molar-refractivity contribution in [2.24, 2.45) is 11.8 Å². The van der Waals surface area contributed by atoms with Gasteiger partial charge >= 0.3 is 0 Å². The second kappa shape index (κ2) is 5.73. The molecule has 1 heterocycles. The average molecular weight is 268 g/mol. The Morgan fingerprint density at radius 3 is 2.37 bits per heavy atom. The Morgan fingerprint density at radius 2 is 1.79 bits per heavy atom. The van der Waals surface area contributed by atoms with Gasteiger partial charge in [0.25, 0.3) is 0 Å². The van der Waals surface area contributed by atoms with Crippen LogP contribution in [0.5, 0.6) is 0 Å². The van der Waals surface area contributed by atoms with Gasteiger partial charge in [-0.2, -0.15) is 0 Å². The molecule has 1 aliphatic heterocycles. The van der Waals surface area contributed by atoms with Crippen molar-refractivity contribution in [3.63, 3.8) is 0 Å². The highest BCUT2D eigenvalue weighted by atomic mass is 16.5. The molecular formula is C17H32O2. The Labute approximate surface area is 118 Å².